The summed E-state index contributed by atoms with van der Waals surface area (Å²) in [6.45, 7) is 0. The molecule has 0 radical (unpaired) electrons. The molecule has 8 nitrogen and oxygen atoms in total. The molecule has 5 rings (SSSR count). The zero-order valence-corrected chi connectivity index (χ0v) is 16.2. The Morgan fingerprint density at radius 3 is 2.47 bits per heavy atom. The predicted octanol–water partition coefficient (Wildman–Crippen LogP) is 4.63. The Hall–Kier alpha value is -4.41. The van der Waals surface area contributed by atoms with Gasteiger partial charge in [0.05, 0.1) is 16.8 Å². The molecular formula is C21H13F3N8. The molecule has 11 heteroatoms. The lowest BCUT2D eigenvalue weighted by atomic mass is 10.1. The number of tetrazole rings is 1. The van der Waals surface area contributed by atoms with Crippen LogP contribution in [0.2, 0.25) is 0 Å². The van der Waals surface area contributed by atoms with Gasteiger partial charge in [-0.1, -0.05) is 18.2 Å². The van der Waals surface area contributed by atoms with E-state index < -0.39 is 11.7 Å². The first-order valence-electron chi connectivity index (χ1n) is 9.38. The summed E-state index contributed by atoms with van der Waals surface area (Å²) in [5.74, 6) is 0.740. The number of H-pyrrole nitrogens is 1. The first-order chi connectivity index (χ1) is 15.5. The molecule has 0 saturated carbocycles. The largest absolute Gasteiger partial charge is 0.416 e. The minimum absolute atomic E-state index is 0.182. The van der Waals surface area contributed by atoms with E-state index in [2.05, 4.69) is 40.9 Å². The van der Waals surface area contributed by atoms with E-state index in [9.17, 15) is 13.2 Å². The predicted molar refractivity (Wildman–Crippen MR) is 111 cm³/mol. The maximum atomic E-state index is 12.8. The number of aromatic nitrogens is 7. The third kappa shape index (κ3) is 3.95. The fourth-order valence-corrected chi connectivity index (χ4v) is 3.13. The van der Waals surface area contributed by atoms with E-state index in [1.54, 1.807) is 12.3 Å². The van der Waals surface area contributed by atoms with Crippen LogP contribution in [0.4, 0.5) is 24.7 Å². The van der Waals surface area contributed by atoms with Gasteiger partial charge in [-0.15, -0.1) is 10.2 Å². The molecule has 0 bridgehead atoms. The summed E-state index contributed by atoms with van der Waals surface area (Å²) in [6, 6.07) is 15.9. The number of anilines is 2. The Labute approximate surface area is 178 Å². The summed E-state index contributed by atoms with van der Waals surface area (Å²) in [6.07, 6.45) is -2.70. The second kappa shape index (κ2) is 7.69. The summed E-state index contributed by atoms with van der Waals surface area (Å²) in [5.41, 5.74) is 1.83. The lowest BCUT2D eigenvalue weighted by molar-refractivity contribution is -0.137. The van der Waals surface area contributed by atoms with Crippen LogP contribution in [0.3, 0.4) is 0 Å². The van der Waals surface area contributed by atoms with Gasteiger partial charge in [-0.2, -0.15) is 18.4 Å². The number of alkyl halides is 3. The zero-order chi connectivity index (χ0) is 22.1. The summed E-state index contributed by atoms with van der Waals surface area (Å²) in [7, 11) is 0. The van der Waals surface area contributed by atoms with Gasteiger partial charge in [-0.3, -0.25) is 4.98 Å². The smallest absolute Gasteiger partial charge is 0.340 e. The summed E-state index contributed by atoms with van der Waals surface area (Å²) < 4.78 is 38.5. The van der Waals surface area contributed by atoms with Crippen molar-refractivity contribution in [3.05, 3.63) is 72.4 Å². The third-order valence-electron chi connectivity index (χ3n) is 4.66. The Kier molecular flexibility index (Phi) is 4.70. The van der Waals surface area contributed by atoms with Crippen LogP contribution in [0.5, 0.6) is 0 Å². The fraction of sp³-hybridized carbons (Fsp3) is 0.0476. The number of nitrogens with zero attached hydrogens (tertiary/aromatic N) is 6. The first-order valence-corrected chi connectivity index (χ1v) is 9.38. The molecule has 0 aliphatic rings. The number of halogens is 3. The standard InChI is InChI=1S/C21H13F3N8/c22-21(23,24)14-5-7-15(8-6-14)26-18-11-17(27-19(28-18)20-29-31-32-30-20)13-4-3-12-2-1-9-25-16(12)10-13/h1-11H,(H,26,27,28)(H,29,30,31,32). The Morgan fingerprint density at radius 2 is 1.72 bits per heavy atom. The second-order valence-electron chi connectivity index (χ2n) is 6.81. The van der Waals surface area contributed by atoms with Gasteiger partial charge in [-0.05, 0) is 41.6 Å². The van der Waals surface area contributed by atoms with E-state index in [0.29, 0.717) is 17.2 Å². The van der Waals surface area contributed by atoms with E-state index in [0.717, 1.165) is 28.6 Å². The number of pyridine rings is 1. The second-order valence-corrected chi connectivity index (χ2v) is 6.81. The monoisotopic (exact) mass is 434 g/mol. The average molecular weight is 434 g/mol. The zero-order valence-electron chi connectivity index (χ0n) is 16.2. The van der Waals surface area contributed by atoms with E-state index >= 15 is 0 Å². The molecule has 0 unspecified atom stereocenters. The van der Waals surface area contributed by atoms with E-state index in [-0.39, 0.29) is 11.6 Å². The quantitative estimate of drug-likeness (QED) is 0.425. The van der Waals surface area contributed by atoms with E-state index in [1.807, 2.05) is 30.3 Å². The van der Waals surface area contributed by atoms with Crippen LogP contribution < -0.4 is 5.32 Å². The minimum atomic E-state index is -4.41. The van der Waals surface area contributed by atoms with Gasteiger partial charge < -0.3 is 5.32 Å². The molecule has 0 saturated heterocycles. The maximum Gasteiger partial charge on any atom is 0.416 e. The lowest BCUT2D eigenvalue weighted by Crippen LogP contribution is -2.05. The normalized spacial score (nSPS) is 11.6. The van der Waals surface area contributed by atoms with Gasteiger partial charge in [0.2, 0.25) is 11.6 Å². The lowest BCUT2D eigenvalue weighted by Gasteiger charge is -2.11. The molecular weight excluding hydrogens is 421 g/mol. The molecule has 5 aromatic rings. The van der Waals surface area contributed by atoms with Gasteiger partial charge in [0.1, 0.15) is 5.82 Å². The fourth-order valence-electron chi connectivity index (χ4n) is 3.13. The summed E-state index contributed by atoms with van der Waals surface area (Å²) in [4.78, 5) is 13.3. The van der Waals surface area contributed by atoms with Crippen molar-refractivity contribution in [2.45, 2.75) is 6.18 Å². The molecule has 0 aliphatic carbocycles. The molecule has 0 spiro atoms. The molecule has 158 valence electrons. The number of aromatic amines is 1. The van der Waals surface area contributed by atoms with Gasteiger partial charge in [0.25, 0.3) is 0 Å². The highest BCUT2D eigenvalue weighted by Gasteiger charge is 2.30. The van der Waals surface area contributed by atoms with Crippen molar-refractivity contribution < 1.29 is 13.2 Å². The summed E-state index contributed by atoms with van der Waals surface area (Å²) >= 11 is 0. The number of hydrogen-bond donors (Lipinski definition) is 2. The average Bonchev–Trinajstić information content (AvgIpc) is 3.33. The van der Waals surface area contributed by atoms with Crippen LogP contribution in [0.15, 0.2) is 66.9 Å². The maximum absolute atomic E-state index is 12.8. The van der Waals surface area contributed by atoms with E-state index in [4.69, 9.17) is 0 Å². The van der Waals surface area contributed by atoms with Crippen molar-refractivity contribution in [2.24, 2.45) is 0 Å². The Bertz CT molecular complexity index is 1380. The highest BCUT2D eigenvalue weighted by atomic mass is 19.4. The molecule has 0 aliphatic heterocycles. The van der Waals surface area contributed by atoms with Crippen molar-refractivity contribution in [2.75, 3.05) is 5.32 Å². The molecule has 3 aromatic heterocycles. The van der Waals surface area contributed by atoms with Crippen molar-refractivity contribution >= 4 is 22.4 Å². The summed E-state index contributed by atoms with van der Waals surface area (Å²) in [5, 5.41) is 17.7. The molecule has 0 atom stereocenters. The van der Waals surface area contributed by atoms with Crippen LogP contribution in [-0.4, -0.2) is 35.6 Å². The molecule has 2 N–H and O–H groups in total. The van der Waals surface area contributed by atoms with Crippen LogP contribution in [0.1, 0.15) is 5.56 Å². The van der Waals surface area contributed by atoms with Crippen molar-refractivity contribution in [3.63, 3.8) is 0 Å². The van der Waals surface area contributed by atoms with Crippen molar-refractivity contribution in [1.29, 1.82) is 0 Å². The Balaban J connectivity index is 1.55. The highest BCUT2D eigenvalue weighted by Crippen LogP contribution is 2.31. The topological polar surface area (TPSA) is 105 Å². The molecule has 3 heterocycles. The van der Waals surface area contributed by atoms with Gasteiger partial charge in [0.15, 0.2) is 0 Å². The highest BCUT2D eigenvalue weighted by molar-refractivity contribution is 5.84. The number of fused-ring (bicyclic) bond motifs is 1. The minimum Gasteiger partial charge on any atom is -0.340 e. The molecule has 0 fully saturated rings. The van der Waals surface area contributed by atoms with Crippen LogP contribution >= 0.6 is 0 Å². The number of hydrogen-bond acceptors (Lipinski definition) is 7. The van der Waals surface area contributed by atoms with Gasteiger partial charge in [0, 0.05) is 28.9 Å². The third-order valence-corrected chi connectivity index (χ3v) is 4.66. The van der Waals surface area contributed by atoms with Crippen molar-refractivity contribution in [1.82, 2.24) is 35.6 Å². The van der Waals surface area contributed by atoms with Gasteiger partial charge in [-0.25, -0.2) is 9.97 Å². The van der Waals surface area contributed by atoms with Crippen LogP contribution in [0.25, 0.3) is 33.8 Å². The molecule has 2 aromatic carbocycles. The van der Waals surface area contributed by atoms with Gasteiger partial charge >= 0.3 is 6.18 Å². The molecule has 0 amide bonds. The van der Waals surface area contributed by atoms with Crippen LogP contribution in [0, 0.1) is 0 Å². The molecule has 32 heavy (non-hydrogen) atoms. The van der Waals surface area contributed by atoms with E-state index in [1.165, 1.54) is 12.1 Å². The number of nitrogens with one attached hydrogen (secondary N) is 2. The first kappa shape index (κ1) is 19.5. The SMILES string of the molecule is FC(F)(F)c1ccc(Nc2cc(-c3ccc4cccnc4c3)nc(-c3nn[nH]n3)n2)cc1. The number of rotatable bonds is 4. The van der Waals surface area contributed by atoms with Crippen LogP contribution in [-0.2, 0) is 6.18 Å². The number of benzene rings is 2. The Morgan fingerprint density at radius 1 is 0.875 bits per heavy atom. The van der Waals surface area contributed by atoms with Crippen molar-refractivity contribution in [3.8, 4) is 22.9 Å².